The Labute approximate surface area is 159 Å². The van der Waals surface area contributed by atoms with Gasteiger partial charge in [0, 0.05) is 37.1 Å². The SMILES string of the molecule is CCN1CCN(c2ncnc3scc(-c4cc(C)c(C)c(C)c4)c23)CC1. The number of hydrogen-bond donors (Lipinski definition) is 0. The van der Waals surface area contributed by atoms with Crippen molar-refractivity contribution in [3.05, 3.63) is 40.5 Å². The molecule has 0 spiro atoms. The van der Waals surface area contributed by atoms with Gasteiger partial charge in [0.2, 0.25) is 0 Å². The van der Waals surface area contributed by atoms with Gasteiger partial charge in [0.05, 0.1) is 5.39 Å². The molecule has 0 saturated carbocycles. The Morgan fingerprint density at radius 1 is 1.00 bits per heavy atom. The van der Waals surface area contributed by atoms with Crippen LogP contribution in [0.1, 0.15) is 23.6 Å². The summed E-state index contributed by atoms with van der Waals surface area (Å²) in [6.07, 6.45) is 1.72. The second-order valence-electron chi connectivity index (χ2n) is 7.18. The van der Waals surface area contributed by atoms with E-state index in [0.29, 0.717) is 0 Å². The van der Waals surface area contributed by atoms with Crippen molar-refractivity contribution in [2.75, 3.05) is 37.6 Å². The molecular weight excluding hydrogens is 340 g/mol. The molecule has 1 aliphatic rings. The summed E-state index contributed by atoms with van der Waals surface area (Å²) in [6, 6.07) is 4.60. The van der Waals surface area contributed by atoms with Gasteiger partial charge < -0.3 is 9.80 Å². The summed E-state index contributed by atoms with van der Waals surface area (Å²) in [5.41, 5.74) is 6.61. The fraction of sp³-hybridized carbons (Fsp3) is 0.429. The van der Waals surface area contributed by atoms with Crippen molar-refractivity contribution in [3.63, 3.8) is 0 Å². The number of hydrogen-bond acceptors (Lipinski definition) is 5. The summed E-state index contributed by atoms with van der Waals surface area (Å²) in [6.45, 7) is 14.2. The molecule has 0 amide bonds. The predicted octanol–water partition coefficient (Wildman–Crippen LogP) is 4.43. The third-order valence-electron chi connectivity index (χ3n) is 5.71. The van der Waals surface area contributed by atoms with Crippen LogP contribution in [0.4, 0.5) is 5.82 Å². The highest BCUT2D eigenvalue weighted by molar-refractivity contribution is 7.17. The van der Waals surface area contributed by atoms with Crippen molar-refractivity contribution in [3.8, 4) is 11.1 Å². The Kier molecular flexibility index (Phi) is 4.67. The number of piperazine rings is 1. The van der Waals surface area contributed by atoms with Crippen LogP contribution in [0.25, 0.3) is 21.3 Å². The fourth-order valence-electron chi connectivity index (χ4n) is 3.78. The van der Waals surface area contributed by atoms with Crippen molar-refractivity contribution >= 4 is 27.4 Å². The Bertz CT molecular complexity index is 915. The van der Waals surface area contributed by atoms with Crippen LogP contribution >= 0.6 is 11.3 Å². The van der Waals surface area contributed by atoms with Crippen LogP contribution < -0.4 is 4.90 Å². The van der Waals surface area contributed by atoms with Crippen LogP contribution in [0.15, 0.2) is 23.8 Å². The molecule has 0 atom stereocenters. The Morgan fingerprint density at radius 2 is 1.69 bits per heavy atom. The second-order valence-corrected chi connectivity index (χ2v) is 8.04. The molecule has 0 radical (unpaired) electrons. The maximum Gasteiger partial charge on any atom is 0.141 e. The molecule has 0 bridgehead atoms. The van der Waals surface area contributed by atoms with Gasteiger partial charge in [-0.15, -0.1) is 11.3 Å². The standard InChI is InChI=1S/C21H26N4S/c1-5-24-6-8-25(9-7-24)20-19-18(12-26-21(19)23-13-22-20)17-10-14(2)16(4)15(3)11-17/h10-13H,5-9H2,1-4H3. The van der Waals surface area contributed by atoms with Crippen LogP contribution in [-0.4, -0.2) is 47.6 Å². The maximum atomic E-state index is 4.71. The lowest BCUT2D eigenvalue weighted by Gasteiger charge is -2.35. The van der Waals surface area contributed by atoms with Crippen molar-refractivity contribution in [2.24, 2.45) is 0 Å². The molecule has 0 unspecified atom stereocenters. The van der Waals surface area contributed by atoms with Gasteiger partial charge in [-0.2, -0.15) is 0 Å². The van der Waals surface area contributed by atoms with E-state index < -0.39 is 0 Å². The van der Waals surface area contributed by atoms with Crippen LogP contribution in [0.5, 0.6) is 0 Å². The number of fused-ring (bicyclic) bond motifs is 1. The number of anilines is 1. The number of likely N-dealkylation sites (N-methyl/N-ethyl adjacent to an activating group) is 1. The molecule has 4 rings (SSSR count). The minimum atomic E-state index is 1.03. The summed E-state index contributed by atoms with van der Waals surface area (Å²) >= 11 is 1.72. The maximum absolute atomic E-state index is 4.71. The number of nitrogens with zero attached hydrogens (tertiary/aromatic N) is 4. The van der Waals surface area contributed by atoms with Crippen LogP contribution in [0.2, 0.25) is 0 Å². The molecule has 1 aromatic carbocycles. The predicted molar refractivity (Wildman–Crippen MR) is 111 cm³/mol. The molecule has 1 aliphatic heterocycles. The number of benzene rings is 1. The summed E-state index contributed by atoms with van der Waals surface area (Å²) in [5, 5.41) is 3.46. The topological polar surface area (TPSA) is 32.3 Å². The normalized spacial score (nSPS) is 15.8. The van der Waals surface area contributed by atoms with E-state index in [1.165, 1.54) is 33.2 Å². The average Bonchev–Trinajstić information content (AvgIpc) is 3.10. The van der Waals surface area contributed by atoms with Crippen molar-refractivity contribution in [2.45, 2.75) is 27.7 Å². The van der Waals surface area contributed by atoms with E-state index in [1.54, 1.807) is 17.7 Å². The zero-order valence-electron chi connectivity index (χ0n) is 16.0. The lowest BCUT2D eigenvalue weighted by atomic mass is 9.96. The largest absolute Gasteiger partial charge is 0.353 e. The summed E-state index contributed by atoms with van der Waals surface area (Å²) in [4.78, 5) is 15.3. The molecule has 1 saturated heterocycles. The molecule has 5 heteroatoms. The third kappa shape index (κ3) is 2.99. The highest BCUT2D eigenvalue weighted by atomic mass is 32.1. The number of thiophene rings is 1. The lowest BCUT2D eigenvalue weighted by Crippen LogP contribution is -2.46. The summed E-state index contributed by atoms with van der Waals surface area (Å²) in [5.74, 6) is 1.10. The van der Waals surface area contributed by atoms with Gasteiger partial charge in [0.25, 0.3) is 0 Å². The van der Waals surface area contributed by atoms with Gasteiger partial charge >= 0.3 is 0 Å². The molecule has 1 fully saturated rings. The van der Waals surface area contributed by atoms with E-state index >= 15 is 0 Å². The molecule has 0 aliphatic carbocycles. The molecule has 26 heavy (non-hydrogen) atoms. The highest BCUT2D eigenvalue weighted by Crippen LogP contribution is 2.39. The fourth-order valence-corrected chi connectivity index (χ4v) is 4.69. The van der Waals surface area contributed by atoms with Crippen LogP contribution in [0.3, 0.4) is 0 Å². The lowest BCUT2D eigenvalue weighted by molar-refractivity contribution is 0.271. The zero-order chi connectivity index (χ0) is 18.3. The monoisotopic (exact) mass is 366 g/mol. The molecule has 3 aromatic rings. The van der Waals surface area contributed by atoms with Crippen molar-refractivity contribution in [1.29, 1.82) is 0 Å². The first kappa shape index (κ1) is 17.4. The minimum absolute atomic E-state index is 1.03. The van der Waals surface area contributed by atoms with E-state index in [1.807, 2.05) is 0 Å². The molecule has 0 N–H and O–H groups in total. The van der Waals surface area contributed by atoms with Gasteiger partial charge in [0.15, 0.2) is 0 Å². The Morgan fingerprint density at radius 3 is 2.35 bits per heavy atom. The Hall–Kier alpha value is -1.98. The van der Waals surface area contributed by atoms with Gasteiger partial charge in [-0.1, -0.05) is 19.1 Å². The van der Waals surface area contributed by atoms with E-state index in [2.05, 4.69) is 60.0 Å². The summed E-state index contributed by atoms with van der Waals surface area (Å²) < 4.78 is 0. The number of aryl methyl sites for hydroxylation is 2. The molecule has 136 valence electrons. The average molecular weight is 367 g/mol. The smallest absolute Gasteiger partial charge is 0.141 e. The van der Waals surface area contributed by atoms with Crippen LogP contribution in [-0.2, 0) is 0 Å². The van der Waals surface area contributed by atoms with E-state index in [4.69, 9.17) is 4.98 Å². The zero-order valence-corrected chi connectivity index (χ0v) is 16.9. The Balaban J connectivity index is 1.81. The first-order valence-electron chi connectivity index (χ1n) is 9.36. The van der Waals surface area contributed by atoms with E-state index in [-0.39, 0.29) is 0 Å². The molecule has 4 nitrogen and oxygen atoms in total. The minimum Gasteiger partial charge on any atom is -0.353 e. The molecular formula is C21H26N4S. The van der Waals surface area contributed by atoms with Crippen LogP contribution in [0, 0.1) is 20.8 Å². The summed E-state index contributed by atoms with van der Waals surface area (Å²) in [7, 11) is 0. The molecule has 2 aromatic heterocycles. The van der Waals surface area contributed by atoms with Crippen molar-refractivity contribution in [1.82, 2.24) is 14.9 Å². The van der Waals surface area contributed by atoms with E-state index in [9.17, 15) is 0 Å². The van der Waals surface area contributed by atoms with Gasteiger partial charge in [0.1, 0.15) is 17.0 Å². The first-order valence-corrected chi connectivity index (χ1v) is 10.2. The quantitative estimate of drug-likeness (QED) is 0.687. The van der Waals surface area contributed by atoms with Gasteiger partial charge in [-0.05, 0) is 49.6 Å². The molecule has 3 heterocycles. The van der Waals surface area contributed by atoms with Gasteiger partial charge in [-0.3, -0.25) is 0 Å². The van der Waals surface area contributed by atoms with Crippen molar-refractivity contribution < 1.29 is 0 Å². The highest BCUT2D eigenvalue weighted by Gasteiger charge is 2.22. The third-order valence-corrected chi connectivity index (χ3v) is 6.59. The van der Waals surface area contributed by atoms with Gasteiger partial charge in [-0.25, -0.2) is 9.97 Å². The number of rotatable bonds is 3. The second kappa shape index (κ2) is 6.97. The van der Waals surface area contributed by atoms with E-state index in [0.717, 1.165) is 43.4 Å². The number of aromatic nitrogens is 2. The first-order chi connectivity index (χ1) is 12.6.